The first-order valence-corrected chi connectivity index (χ1v) is 7.45. The molecule has 1 aromatic heterocycles. The number of nitrogens with one attached hydrogen (secondary N) is 1. The number of hydrogen-bond acceptors (Lipinski definition) is 3. The zero-order chi connectivity index (χ0) is 16.4. The van der Waals surface area contributed by atoms with E-state index in [1.165, 1.54) is 12.1 Å². The minimum atomic E-state index is -0.570. The normalized spacial score (nSPS) is 15.6. The van der Waals surface area contributed by atoms with E-state index < -0.39 is 11.7 Å². The minimum Gasteiger partial charge on any atom is -0.364 e. The maximum atomic E-state index is 13.7. The van der Waals surface area contributed by atoms with Crippen LogP contribution in [-0.4, -0.2) is 40.0 Å². The summed E-state index contributed by atoms with van der Waals surface area (Å²) in [5.41, 5.74) is 6.34. The molecule has 0 atom stereocenters. The van der Waals surface area contributed by atoms with E-state index >= 15 is 0 Å². The molecule has 0 aliphatic carbocycles. The summed E-state index contributed by atoms with van der Waals surface area (Å²) in [6.45, 7) is 1.06. The number of carbonyl (C=O) groups excluding carboxylic acids is 2. The van der Waals surface area contributed by atoms with Crippen LogP contribution in [0.2, 0.25) is 0 Å². The van der Waals surface area contributed by atoms with Crippen LogP contribution in [0.1, 0.15) is 45.3 Å². The molecule has 120 valence electrons. The first kappa shape index (κ1) is 15.2. The first-order valence-electron chi connectivity index (χ1n) is 7.45. The molecule has 2 heterocycles. The Kier molecular flexibility index (Phi) is 4.10. The summed E-state index contributed by atoms with van der Waals surface area (Å²) in [5, 5.41) is 6.70. The lowest BCUT2D eigenvalue weighted by molar-refractivity contribution is 0.0707. The van der Waals surface area contributed by atoms with Crippen molar-refractivity contribution in [1.82, 2.24) is 15.1 Å². The van der Waals surface area contributed by atoms with Crippen LogP contribution in [0.15, 0.2) is 30.3 Å². The van der Waals surface area contributed by atoms with Crippen LogP contribution in [0.5, 0.6) is 0 Å². The van der Waals surface area contributed by atoms with E-state index in [9.17, 15) is 14.0 Å². The molecule has 0 spiro atoms. The molecule has 6 nitrogen and oxygen atoms in total. The standard InChI is InChI=1S/C16H17FN4O2/c17-12-4-2-1-3-11(12)16(23)21-7-5-10(6-8-21)13-9-14(15(18)22)20-19-13/h1-4,9-10H,5-8H2,(H2,18,22)(H,19,20). The second kappa shape index (κ2) is 6.20. The Hall–Kier alpha value is -2.70. The van der Waals surface area contributed by atoms with Crippen molar-refractivity contribution in [3.63, 3.8) is 0 Å². The first-order chi connectivity index (χ1) is 11.1. The molecule has 3 N–H and O–H groups in total. The van der Waals surface area contributed by atoms with Gasteiger partial charge in [0.05, 0.1) is 5.56 Å². The van der Waals surface area contributed by atoms with Crippen molar-refractivity contribution >= 4 is 11.8 Å². The molecular weight excluding hydrogens is 299 g/mol. The highest BCUT2D eigenvalue weighted by Crippen LogP contribution is 2.28. The average Bonchev–Trinajstić information content (AvgIpc) is 3.05. The summed E-state index contributed by atoms with van der Waals surface area (Å²) in [6, 6.07) is 7.65. The van der Waals surface area contributed by atoms with Crippen LogP contribution in [0.25, 0.3) is 0 Å². The van der Waals surface area contributed by atoms with Crippen LogP contribution >= 0.6 is 0 Å². The molecule has 0 unspecified atom stereocenters. The summed E-state index contributed by atoms with van der Waals surface area (Å²) in [5.74, 6) is -1.18. The Bertz CT molecular complexity index is 735. The second-order valence-electron chi connectivity index (χ2n) is 5.62. The quantitative estimate of drug-likeness (QED) is 0.902. The lowest BCUT2D eigenvalue weighted by Crippen LogP contribution is -2.38. The lowest BCUT2D eigenvalue weighted by atomic mass is 9.93. The highest BCUT2D eigenvalue weighted by atomic mass is 19.1. The van der Waals surface area contributed by atoms with Crippen molar-refractivity contribution in [3.8, 4) is 0 Å². The van der Waals surface area contributed by atoms with Gasteiger partial charge in [0.15, 0.2) is 0 Å². The minimum absolute atomic E-state index is 0.100. The van der Waals surface area contributed by atoms with Crippen molar-refractivity contribution in [1.29, 1.82) is 0 Å². The van der Waals surface area contributed by atoms with Gasteiger partial charge in [-0.3, -0.25) is 14.7 Å². The molecule has 1 fully saturated rings. The van der Waals surface area contributed by atoms with E-state index in [1.807, 2.05) is 0 Å². The van der Waals surface area contributed by atoms with E-state index in [-0.39, 0.29) is 23.1 Å². The van der Waals surface area contributed by atoms with Crippen molar-refractivity contribution in [2.24, 2.45) is 5.73 Å². The topological polar surface area (TPSA) is 92.1 Å². The molecule has 23 heavy (non-hydrogen) atoms. The number of halogens is 1. The zero-order valence-corrected chi connectivity index (χ0v) is 12.5. The Morgan fingerprint density at radius 1 is 1.26 bits per heavy atom. The largest absolute Gasteiger partial charge is 0.364 e. The number of primary amides is 1. The molecule has 1 saturated heterocycles. The number of H-pyrrole nitrogens is 1. The van der Waals surface area contributed by atoms with Gasteiger partial charge in [-0.1, -0.05) is 12.1 Å². The summed E-state index contributed by atoms with van der Waals surface area (Å²) in [6.07, 6.45) is 1.45. The van der Waals surface area contributed by atoms with Gasteiger partial charge in [0.1, 0.15) is 11.5 Å². The number of nitrogens with zero attached hydrogens (tertiary/aromatic N) is 2. The fraction of sp³-hybridized carbons (Fsp3) is 0.312. The molecular formula is C16H17FN4O2. The van der Waals surface area contributed by atoms with E-state index in [0.717, 1.165) is 18.5 Å². The number of hydrogen-bond donors (Lipinski definition) is 2. The zero-order valence-electron chi connectivity index (χ0n) is 12.5. The van der Waals surface area contributed by atoms with Crippen molar-refractivity contribution in [3.05, 3.63) is 53.1 Å². The van der Waals surface area contributed by atoms with Gasteiger partial charge in [-0.15, -0.1) is 0 Å². The van der Waals surface area contributed by atoms with Crippen molar-refractivity contribution < 1.29 is 14.0 Å². The average molecular weight is 316 g/mol. The fourth-order valence-corrected chi connectivity index (χ4v) is 2.87. The SMILES string of the molecule is NC(=O)c1cc(C2CCN(C(=O)c3ccccc3F)CC2)[nH]n1. The van der Waals surface area contributed by atoms with Crippen molar-refractivity contribution in [2.75, 3.05) is 13.1 Å². The summed E-state index contributed by atoms with van der Waals surface area (Å²) < 4.78 is 13.7. The third kappa shape index (κ3) is 3.08. The number of rotatable bonds is 3. The van der Waals surface area contributed by atoms with Crippen LogP contribution in [-0.2, 0) is 0 Å². The number of benzene rings is 1. The Labute approximate surface area is 132 Å². The second-order valence-corrected chi connectivity index (χ2v) is 5.62. The molecule has 7 heteroatoms. The summed E-state index contributed by atoms with van der Waals surface area (Å²) in [4.78, 5) is 25.1. The molecule has 3 rings (SSSR count). The Morgan fingerprint density at radius 2 is 1.96 bits per heavy atom. The van der Waals surface area contributed by atoms with Crippen molar-refractivity contribution in [2.45, 2.75) is 18.8 Å². The Morgan fingerprint density at radius 3 is 2.57 bits per heavy atom. The molecule has 0 bridgehead atoms. The molecule has 1 aliphatic heterocycles. The predicted molar refractivity (Wildman–Crippen MR) is 81.4 cm³/mol. The smallest absolute Gasteiger partial charge is 0.269 e. The van der Waals surface area contributed by atoms with Gasteiger partial charge in [-0.05, 0) is 31.0 Å². The number of nitrogens with two attached hydrogens (primary N) is 1. The maximum Gasteiger partial charge on any atom is 0.269 e. The van der Waals surface area contributed by atoms with Gasteiger partial charge >= 0.3 is 0 Å². The van der Waals surface area contributed by atoms with Gasteiger partial charge in [-0.2, -0.15) is 5.10 Å². The van der Waals surface area contributed by atoms with Crippen LogP contribution in [0, 0.1) is 5.82 Å². The van der Waals surface area contributed by atoms with Gasteiger partial charge < -0.3 is 10.6 Å². The van der Waals surface area contributed by atoms with Gasteiger partial charge in [0.2, 0.25) is 0 Å². The van der Waals surface area contributed by atoms with Gasteiger partial charge in [0, 0.05) is 24.7 Å². The molecule has 2 amide bonds. The highest BCUT2D eigenvalue weighted by molar-refractivity contribution is 5.94. The molecule has 1 aromatic carbocycles. The molecule has 2 aromatic rings. The monoisotopic (exact) mass is 316 g/mol. The number of carbonyl (C=O) groups is 2. The Balaban J connectivity index is 1.65. The van der Waals surface area contributed by atoms with E-state index in [2.05, 4.69) is 10.2 Å². The third-order valence-electron chi connectivity index (χ3n) is 4.18. The number of amides is 2. The van der Waals surface area contributed by atoms with E-state index in [1.54, 1.807) is 23.1 Å². The van der Waals surface area contributed by atoms with Crippen LogP contribution < -0.4 is 5.73 Å². The number of aromatic nitrogens is 2. The summed E-state index contributed by atoms with van der Waals surface area (Å²) in [7, 11) is 0. The number of likely N-dealkylation sites (tertiary alicyclic amines) is 1. The number of piperidine rings is 1. The molecule has 0 saturated carbocycles. The molecule has 1 aliphatic rings. The predicted octanol–water partition coefficient (Wildman–Crippen LogP) is 1.67. The van der Waals surface area contributed by atoms with Gasteiger partial charge in [0.25, 0.3) is 11.8 Å². The van der Waals surface area contributed by atoms with E-state index in [4.69, 9.17) is 5.73 Å². The van der Waals surface area contributed by atoms with E-state index in [0.29, 0.717) is 13.1 Å². The lowest BCUT2D eigenvalue weighted by Gasteiger charge is -2.31. The van der Waals surface area contributed by atoms with Crippen LogP contribution in [0.3, 0.4) is 0 Å². The highest BCUT2D eigenvalue weighted by Gasteiger charge is 2.27. The van der Waals surface area contributed by atoms with Crippen LogP contribution in [0.4, 0.5) is 4.39 Å². The fourth-order valence-electron chi connectivity index (χ4n) is 2.87. The maximum absolute atomic E-state index is 13.7. The summed E-state index contributed by atoms with van der Waals surface area (Å²) >= 11 is 0. The van der Waals surface area contributed by atoms with Gasteiger partial charge in [-0.25, -0.2) is 4.39 Å². The molecule has 0 radical (unpaired) electrons. The number of aromatic amines is 1. The third-order valence-corrected chi connectivity index (χ3v) is 4.18.